The first-order chi connectivity index (χ1) is 19.9. The van der Waals surface area contributed by atoms with Crippen molar-refractivity contribution in [3.8, 4) is 11.5 Å². The van der Waals surface area contributed by atoms with E-state index in [1.807, 2.05) is 13.8 Å². The Morgan fingerprint density at radius 3 is 2.00 bits per heavy atom. The van der Waals surface area contributed by atoms with Crippen LogP contribution >= 0.6 is 23.2 Å². The lowest BCUT2D eigenvalue weighted by atomic mass is 10.1. The fraction of sp³-hybridized carbons (Fsp3) is 0.333. The van der Waals surface area contributed by atoms with Crippen LogP contribution in [0, 0.1) is 0 Å². The number of amides is 2. The molecule has 0 spiro atoms. The van der Waals surface area contributed by atoms with Gasteiger partial charge >= 0.3 is 0 Å². The summed E-state index contributed by atoms with van der Waals surface area (Å²) in [6.07, 6.45) is 0.706. The first-order valence-electron chi connectivity index (χ1n) is 13.3. The molecule has 0 radical (unpaired) electrons. The molecule has 3 aromatic rings. The Kier molecular flexibility index (Phi) is 11.5. The highest BCUT2D eigenvalue weighted by atomic mass is 35.5. The number of nitrogens with one attached hydrogen (secondary N) is 1. The van der Waals surface area contributed by atoms with E-state index in [1.54, 1.807) is 31.2 Å². The summed E-state index contributed by atoms with van der Waals surface area (Å²) in [6.45, 7) is 4.88. The predicted octanol–water partition coefficient (Wildman–Crippen LogP) is 5.54. The van der Waals surface area contributed by atoms with Crippen molar-refractivity contribution in [2.75, 3.05) is 25.1 Å². The van der Waals surface area contributed by atoms with E-state index >= 15 is 0 Å². The average Bonchev–Trinajstić information content (AvgIpc) is 2.98. The van der Waals surface area contributed by atoms with Gasteiger partial charge in [-0.3, -0.25) is 13.9 Å². The van der Waals surface area contributed by atoms with Crippen LogP contribution in [0.5, 0.6) is 11.5 Å². The van der Waals surface area contributed by atoms with Gasteiger partial charge in [-0.05, 0) is 74.4 Å². The van der Waals surface area contributed by atoms with Crippen LogP contribution in [0.2, 0.25) is 10.0 Å². The van der Waals surface area contributed by atoms with Gasteiger partial charge in [0.2, 0.25) is 11.8 Å². The third-order valence-electron chi connectivity index (χ3n) is 6.77. The zero-order valence-corrected chi connectivity index (χ0v) is 26.5. The third-order valence-corrected chi connectivity index (χ3v) is 9.04. The molecule has 0 bridgehead atoms. The molecule has 2 atom stereocenters. The van der Waals surface area contributed by atoms with E-state index < -0.39 is 28.5 Å². The fourth-order valence-corrected chi connectivity index (χ4v) is 5.76. The Hall–Kier alpha value is -3.47. The minimum Gasteiger partial charge on any atom is -0.493 e. The first kappa shape index (κ1) is 33.0. The highest BCUT2D eigenvalue weighted by Gasteiger charge is 2.33. The molecule has 0 saturated carbocycles. The van der Waals surface area contributed by atoms with E-state index in [0.717, 1.165) is 9.87 Å². The number of hydrogen-bond acceptors (Lipinski definition) is 6. The lowest BCUT2D eigenvalue weighted by Crippen LogP contribution is -2.52. The molecular formula is C30H35Cl2N3O6S. The van der Waals surface area contributed by atoms with Gasteiger partial charge in [0, 0.05) is 28.7 Å². The molecule has 42 heavy (non-hydrogen) atoms. The van der Waals surface area contributed by atoms with Gasteiger partial charge in [-0.1, -0.05) is 42.3 Å². The molecule has 0 unspecified atom stereocenters. The van der Waals surface area contributed by atoms with Crippen LogP contribution in [0.15, 0.2) is 71.6 Å². The lowest BCUT2D eigenvalue weighted by molar-refractivity contribution is -0.139. The van der Waals surface area contributed by atoms with Crippen molar-refractivity contribution in [1.29, 1.82) is 0 Å². The number of carbonyl (C=O) groups is 2. The largest absolute Gasteiger partial charge is 0.493 e. The van der Waals surface area contributed by atoms with Crippen molar-refractivity contribution in [3.05, 3.63) is 82.3 Å². The Morgan fingerprint density at radius 2 is 1.45 bits per heavy atom. The maximum absolute atomic E-state index is 14.1. The van der Waals surface area contributed by atoms with Crippen LogP contribution in [0.25, 0.3) is 0 Å². The van der Waals surface area contributed by atoms with Gasteiger partial charge < -0.3 is 19.7 Å². The Bertz CT molecular complexity index is 1480. The van der Waals surface area contributed by atoms with Crippen molar-refractivity contribution >= 4 is 50.7 Å². The molecule has 226 valence electrons. The summed E-state index contributed by atoms with van der Waals surface area (Å²) in [5.74, 6) is -0.385. The number of rotatable bonds is 13. The van der Waals surface area contributed by atoms with Crippen molar-refractivity contribution in [2.45, 2.75) is 50.7 Å². The van der Waals surface area contributed by atoms with E-state index in [2.05, 4.69) is 5.32 Å². The molecular weight excluding hydrogens is 601 g/mol. The fourth-order valence-electron chi connectivity index (χ4n) is 4.07. The van der Waals surface area contributed by atoms with Gasteiger partial charge in [-0.25, -0.2) is 8.42 Å². The number of halogens is 2. The van der Waals surface area contributed by atoms with E-state index in [0.29, 0.717) is 22.2 Å². The number of sulfonamides is 1. The summed E-state index contributed by atoms with van der Waals surface area (Å²) >= 11 is 12.1. The SMILES string of the molecule is CC[C@@H](C)NC(=O)[C@@H](C)N(Cc1ccc(Cl)cc1)C(=O)CN(c1ccc(Cl)cc1)S(=O)(=O)c1ccc(OC)c(OC)c1. The number of benzene rings is 3. The molecule has 0 heterocycles. The van der Waals surface area contributed by atoms with Crippen LogP contribution in [-0.4, -0.2) is 58.0 Å². The Labute approximate surface area is 257 Å². The first-order valence-corrected chi connectivity index (χ1v) is 15.5. The molecule has 0 aromatic heterocycles. The second kappa shape index (κ2) is 14.6. The summed E-state index contributed by atoms with van der Waals surface area (Å²) in [5.41, 5.74) is 0.933. The number of nitrogens with zero attached hydrogens (tertiary/aromatic N) is 2. The second-order valence-electron chi connectivity index (χ2n) is 9.65. The quantitative estimate of drug-likeness (QED) is 0.264. The summed E-state index contributed by atoms with van der Waals surface area (Å²) < 4.78 is 39.7. The molecule has 0 fully saturated rings. The van der Waals surface area contributed by atoms with E-state index in [4.69, 9.17) is 32.7 Å². The van der Waals surface area contributed by atoms with Crippen molar-refractivity contribution in [1.82, 2.24) is 10.2 Å². The average molecular weight is 637 g/mol. The lowest BCUT2D eigenvalue weighted by Gasteiger charge is -2.32. The Morgan fingerprint density at radius 1 is 0.881 bits per heavy atom. The monoisotopic (exact) mass is 635 g/mol. The standard InChI is InChI=1S/C30H35Cl2N3O6S/c1-6-20(2)33-30(37)21(3)34(18-22-7-9-23(31)10-8-22)29(36)19-35(25-13-11-24(32)12-14-25)42(38,39)26-15-16-27(40-4)28(17-26)41-5/h7-17,20-21H,6,18-19H2,1-5H3,(H,33,37)/t20-,21-/m1/s1. The predicted molar refractivity (Wildman–Crippen MR) is 165 cm³/mol. The summed E-state index contributed by atoms with van der Waals surface area (Å²) in [4.78, 5) is 28.4. The smallest absolute Gasteiger partial charge is 0.264 e. The molecule has 0 saturated heterocycles. The topological polar surface area (TPSA) is 105 Å². The minimum atomic E-state index is -4.31. The van der Waals surface area contributed by atoms with E-state index in [1.165, 1.54) is 61.6 Å². The van der Waals surface area contributed by atoms with Crippen molar-refractivity contribution < 1.29 is 27.5 Å². The summed E-state index contributed by atoms with van der Waals surface area (Å²) in [5, 5.41) is 3.82. The van der Waals surface area contributed by atoms with Gasteiger partial charge in [-0.2, -0.15) is 0 Å². The van der Waals surface area contributed by atoms with Crippen molar-refractivity contribution in [2.24, 2.45) is 0 Å². The van der Waals surface area contributed by atoms with Gasteiger partial charge in [0.05, 0.1) is 24.8 Å². The Balaban J connectivity index is 2.06. The maximum Gasteiger partial charge on any atom is 0.264 e. The minimum absolute atomic E-state index is 0.0515. The number of carbonyl (C=O) groups excluding carboxylic acids is 2. The van der Waals surface area contributed by atoms with Crippen LogP contribution in [0.1, 0.15) is 32.8 Å². The summed E-state index contributed by atoms with van der Waals surface area (Å²) in [7, 11) is -1.47. The van der Waals surface area contributed by atoms with Gasteiger partial charge in [0.15, 0.2) is 11.5 Å². The molecule has 1 N–H and O–H groups in total. The van der Waals surface area contributed by atoms with Crippen LogP contribution in [0.4, 0.5) is 5.69 Å². The molecule has 3 aromatic carbocycles. The highest BCUT2D eigenvalue weighted by Crippen LogP contribution is 2.32. The molecule has 2 amide bonds. The van der Waals surface area contributed by atoms with E-state index in [9.17, 15) is 18.0 Å². The number of ether oxygens (including phenoxy) is 2. The highest BCUT2D eigenvalue weighted by molar-refractivity contribution is 7.92. The van der Waals surface area contributed by atoms with E-state index in [-0.39, 0.29) is 34.8 Å². The van der Waals surface area contributed by atoms with Gasteiger partial charge in [0.1, 0.15) is 12.6 Å². The van der Waals surface area contributed by atoms with Crippen LogP contribution < -0.4 is 19.1 Å². The van der Waals surface area contributed by atoms with Crippen molar-refractivity contribution in [3.63, 3.8) is 0 Å². The number of anilines is 1. The zero-order valence-electron chi connectivity index (χ0n) is 24.1. The maximum atomic E-state index is 14.1. The van der Waals surface area contributed by atoms with Crippen LogP contribution in [-0.2, 0) is 26.2 Å². The molecule has 3 rings (SSSR count). The van der Waals surface area contributed by atoms with Crippen LogP contribution in [0.3, 0.4) is 0 Å². The molecule has 0 aliphatic heterocycles. The summed E-state index contributed by atoms with van der Waals surface area (Å²) in [6, 6.07) is 16.1. The molecule has 0 aliphatic carbocycles. The molecule has 12 heteroatoms. The number of methoxy groups -OCH3 is 2. The zero-order chi connectivity index (χ0) is 31.0. The third kappa shape index (κ3) is 8.08. The normalized spacial score (nSPS) is 12.6. The number of hydrogen-bond donors (Lipinski definition) is 1. The molecule has 0 aliphatic rings. The van der Waals surface area contributed by atoms with Gasteiger partial charge in [-0.15, -0.1) is 0 Å². The van der Waals surface area contributed by atoms with Gasteiger partial charge in [0.25, 0.3) is 10.0 Å². The molecule has 9 nitrogen and oxygen atoms in total. The second-order valence-corrected chi connectivity index (χ2v) is 12.4.